The van der Waals surface area contributed by atoms with Crippen molar-refractivity contribution in [3.05, 3.63) is 58.3 Å². The van der Waals surface area contributed by atoms with Gasteiger partial charge in [0, 0.05) is 23.1 Å². The van der Waals surface area contributed by atoms with Gasteiger partial charge in [-0.15, -0.1) is 0 Å². The van der Waals surface area contributed by atoms with Crippen molar-refractivity contribution in [2.75, 3.05) is 18.6 Å². The van der Waals surface area contributed by atoms with E-state index in [1.165, 1.54) is 6.07 Å². The molecule has 0 aromatic heterocycles. The van der Waals surface area contributed by atoms with Crippen molar-refractivity contribution < 1.29 is 9.13 Å². The topological polar surface area (TPSA) is 12.5 Å². The van der Waals surface area contributed by atoms with Gasteiger partial charge in [-0.25, -0.2) is 4.39 Å². The summed E-state index contributed by atoms with van der Waals surface area (Å²) in [6.45, 7) is 3.33. The number of hydrogen-bond donors (Lipinski definition) is 0. The van der Waals surface area contributed by atoms with Crippen LogP contribution in [0.15, 0.2) is 46.9 Å². The molecule has 0 spiro atoms. The Labute approximate surface area is 127 Å². The Balaban J connectivity index is 2.31. The third kappa shape index (κ3) is 3.31. The van der Waals surface area contributed by atoms with E-state index in [2.05, 4.69) is 15.9 Å². The molecule has 106 valence electrons. The largest absolute Gasteiger partial charge is 0.496 e. The maximum Gasteiger partial charge on any atom is 0.146 e. The number of methoxy groups -OCH3 is 1. The van der Waals surface area contributed by atoms with Crippen LogP contribution in [0, 0.1) is 5.82 Å². The van der Waals surface area contributed by atoms with Crippen LogP contribution >= 0.6 is 15.9 Å². The third-order valence-corrected chi connectivity index (χ3v) is 3.67. The second-order valence-electron chi connectivity index (χ2n) is 4.42. The summed E-state index contributed by atoms with van der Waals surface area (Å²) < 4.78 is 20.3. The van der Waals surface area contributed by atoms with Crippen LogP contribution in [-0.2, 0) is 6.54 Å². The molecule has 0 amide bonds. The van der Waals surface area contributed by atoms with Crippen LogP contribution in [0.2, 0.25) is 0 Å². The molecule has 0 fully saturated rings. The maximum atomic E-state index is 13.9. The summed E-state index contributed by atoms with van der Waals surface area (Å²) in [7, 11) is 1.64. The number of rotatable bonds is 5. The normalized spacial score (nSPS) is 10.4. The van der Waals surface area contributed by atoms with Crippen LogP contribution in [0.1, 0.15) is 12.5 Å². The first-order valence-electron chi connectivity index (χ1n) is 6.47. The smallest absolute Gasteiger partial charge is 0.146 e. The van der Waals surface area contributed by atoms with E-state index < -0.39 is 0 Å². The van der Waals surface area contributed by atoms with Crippen LogP contribution in [0.25, 0.3) is 0 Å². The molecule has 0 heterocycles. The predicted octanol–water partition coefficient (Wildman–Crippen LogP) is 4.62. The number of ether oxygens (including phenoxy) is 1. The Hall–Kier alpha value is -1.55. The van der Waals surface area contributed by atoms with Gasteiger partial charge < -0.3 is 9.64 Å². The molecule has 0 radical (unpaired) electrons. The fourth-order valence-corrected chi connectivity index (χ4v) is 2.56. The van der Waals surface area contributed by atoms with Gasteiger partial charge in [0.2, 0.25) is 0 Å². The number of anilines is 1. The van der Waals surface area contributed by atoms with Crippen LogP contribution in [0.5, 0.6) is 5.75 Å². The lowest BCUT2D eigenvalue weighted by atomic mass is 10.1. The molecular formula is C16H17BrFNO. The molecule has 2 rings (SSSR count). The second-order valence-corrected chi connectivity index (χ2v) is 5.34. The van der Waals surface area contributed by atoms with Crippen molar-refractivity contribution in [3.63, 3.8) is 0 Å². The summed E-state index contributed by atoms with van der Waals surface area (Å²) in [6, 6.07) is 12.7. The van der Waals surface area contributed by atoms with Crippen molar-refractivity contribution in [2.45, 2.75) is 13.5 Å². The number of nitrogens with zero attached hydrogens (tertiary/aromatic N) is 1. The standard InChI is InChI=1S/C16H17BrFNO/c1-3-19(15-7-5-4-6-14(15)18)11-12-10-13(17)8-9-16(12)20-2/h4-10H,3,11H2,1-2H3. The molecule has 0 aliphatic carbocycles. The van der Waals surface area contributed by atoms with Crippen molar-refractivity contribution >= 4 is 21.6 Å². The molecule has 0 N–H and O–H groups in total. The summed E-state index contributed by atoms with van der Waals surface area (Å²) >= 11 is 3.46. The summed E-state index contributed by atoms with van der Waals surface area (Å²) in [6.07, 6.45) is 0. The molecular weight excluding hydrogens is 321 g/mol. The molecule has 0 saturated heterocycles. The van der Waals surface area contributed by atoms with E-state index in [1.807, 2.05) is 36.1 Å². The molecule has 4 heteroatoms. The second kappa shape index (κ2) is 6.75. The molecule has 0 aliphatic rings. The zero-order chi connectivity index (χ0) is 14.5. The molecule has 2 aromatic carbocycles. The molecule has 0 saturated carbocycles. The lowest BCUT2D eigenvalue weighted by molar-refractivity contribution is 0.409. The minimum absolute atomic E-state index is 0.205. The lowest BCUT2D eigenvalue weighted by Gasteiger charge is -2.24. The van der Waals surface area contributed by atoms with Gasteiger partial charge in [0.05, 0.1) is 12.8 Å². The van der Waals surface area contributed by atoms with Gasteiger partial charge in [-0.2, -0.15) is 0 Å². The van der Waals surface area contributed by atoms with Crippen LogP contribution < -0.4 is 9.64 Å². The summed E-state index contributed by atoms with van der Waals surface area (Å²) in [5.74, 6) is 0.603. The van der Waals surface area contributed by atoms with Crippen molar-refractivity contribution in [1.82, 2.24) is 0 Å². The fraction of sp³-hybridized carbons (Fsp3) is 0.250. The highest BCUT2D eigenvalue weighted by atomic mass is 79.9. The van der Waals surface area contributed by atoms with E-state index in [4.69, 9.17) is 4.74 Å². The van der Waals surface area contributed by atoms with E-state index in [0.717, 1.165) is 22.3 Å². The predicted molar refractivity (Wildman–Crippen MR) is 83.8 cm³/mol. The van der Waals surface area contributed by atoms with E-state index in [0.29, 0.717) is 12.2 Å². The monoisotopic (exact) mass is 337 g/mol. The molecule has 0 aliphatic heterocycles. The van der Waals surface area contributed by atoms with Gasteiger partial charge in [-0.3, -0.25) is 0 Å². The summed E-state index contributed by atoms with van der Waals surface area (Å²) in [5, 5.41) is 0. The first-order chi connectivity index (χ1) is 9.65. The number of halogens is 2. The van der Waals surface area contributed by atoms with Gasteiger partial charge in [0.25, 0.3) is 0 Å². The Bertz CT molecular complexity index is 588. The van der Waals surface area contributed by atoms with Crippen LogP contribution in [0.3, 0.4) is 0 Å². The Morgan fingerprint density at radius 1 is 1.20 bits per heavy atom. The van der Waals surface area contributed by atoms with Crippen LogP contribution in [-0.4, -0.2) is 13.7 Å². The van der Waals surface area contributed by atoms with E-state index in [1.54, 1.807) is 19.2 Å². The fourth-order valence-electron chi connectivity index (χ4n) is 2.15. The highest BCUT2D eigenvalue weighted by molar-refractivity contribution is 9.10. The minimum Gasteiger partial charge on any atom is -0.496 e. The number of para-hydroxylation sites is 1. The minimum atomic E-state index is -0.205. The van der Waals surface area contributed by atoms with E-state index >= 15 is 0 Å². The van der Waals surface area contributed by atoms with Crippen LogP contribution in [0.4, 0.5) is 10.1 Å². The quantitative estimate of drug-likeness (QED) is 0.789. The molecule has 20 heavy (non-hydrogen) atoms. The SMILES string of the molecule is CCN(Cc1cc(Br)ccc1OC)c1ccccc1F. The highest BCUT2D eigenvalue weighted by Gasteiger charge is 2.12. The molecule has 2 aromatic rings. The molecule has 2 nitrogen and oxygen atoms in total. The first-order valence-corrected chi connectivity index (χ1v) is 7.27. The first kappa shape index (κ1) is 14.9. The van der Waals surface area contributed by atoms with E-state index in [9.17, 15) is 4.39 Å². The average molecular weight is 338 g/mol. The molecule has 0 bridgehead atoms. The van der Waals surface area contributed by atoms with Crippen molar-refractivity contribution in [1.29, 1.82) is 0 Å². The summed E-state index contributed by atoms with van der Waals surface area (Å²) in [4.78, 5) is 1.99. The van der Waals surface area contributed by atoms with E-state index in [-0.39, 0.29) is 5.82 Å². The summed E-state index contributed by atoms with van der Waals surface area (Å²) in [5.41, 5.74) is 1.63. The Kier molecular flexibility index (Phi) is 5.01. The van der Waals surface area contributed by atoms with Crippen molar-refractivity contribution in [3.8, 4) is 5.75 Å². The van der Waals surface area contributed by atoms with Gasteiger partial charge in [0.1, 0.15) is 11.6 Å². The van der Waals surface area contributed by atoms with Gasteiger partial charge in [-0.05, 0) is 37.3 Å². The third-order valence-electron chi connectivity index (χ3n) is 3.18. The average Bonchev–Trinajstić information content (AvgIpc) is 2.46. The lowest BCUT2D eigenvalue weighted by Crippen LogP contribution is -2.23. The molecule has 0 atom stereocenters. The van der Waals surface area contributed by atoms with Gasteiger partial charge in [0.15, 0.2) is 0 Å². The molecule has 0 unspecified atom stereocenters. The van der Waals surface area contributed by atoms with Gasteiger partial charge in [-0.1, -0.05) is 28.1 Å². The Morgan fingerprint density at radius 2 is 1.95 bits per heavy atom. The zero-order valence-electron chi connectivity index (χ0n) is 11.6. The highest BCUT2D eigenvalue weighted by Crippen LogP contribution is 2.27. The maximum absolute atomic E-state index is 13.9. The number of hydrogen-bond acceptors (Lipinski definition) is 2. The van der Waals surface area contributed by atoms with Crippen molar-refractivity contribution in [2.24, 2.45) is 0 Å². The zero-order valence-corrected chi connectivity index (χ0v) is 13.2. The number of benzene rings is 2. The van der Waals surface area contributed by atoms with Gasteiger partial charge >= 0.3 is 0 Å². The Morgan fingerprint density at radius 3 is 2.60 bits per heavy atom.